The third-order valence-corrected chi connectivity index (χ3v) is 4.11. The average Bonchev–Trinajstić information content (AvgIpc) is 2.98. The van der Waals surface area contributed by atoms with Crippen molar-refractivity contribution in [2.75, 3.05) is 40.3 Å². The van der Waals surface area contributed by atoms with E-state index in [-0.39, 0.29) is 18.0 Å². The highest BCUT2D eigenvalue weighted by Gasteiger charge is 2.26. The summed E-state index contributed by atoms with van der Waals surface area (Å²) in [6.07, 6.45) is 4.10. The van der Waals surface area contributed by atoms with E-state index in [4.69, 9.17) is 0 Å². The number of urea groups is 1. The molecule has 2 heterocycles. The van der Waals surface area contributed by atoms with Crippen LogP contribution in [-0.4, -0.2) is 68.1 Å². The van der Waals surface area contributed by atoms with Gasteiger partial charge in [-0.05, 0) is 38.1 Å². The quantitative estimate of drug-likeness (QED) is 0.780. The molecule has 0 aromatic carbocycles. The van der Waals surface area contributed by atoms with Crippen LogP contribution in [0.25, 0.3) is 0 Å². The molecule has 2 N–H and O–H groups in total. The molecule has 0 radical (unpaired) electrons. The van der Waals surface area contributed by atoms with Gasteiger partial charge in [-0.15, -0.1) is 0 Å². The zero-order chi connectivity index (χ0) is 14.5. The third-order valence-electron chi connectivity index (χ3n) is 4.11. The lowest BCUT2D eigenvalue weighted by atomic mass is 9.98. The lowest BCUT2D eigenvalue weighted by Gasteiger charge is -2.34. The SMILES string of the molecule is CN(C)C(=O)N1CCCC(CNC(=O)C2CCCN2)C1. The molecule has 2 atom stereocenters. The summed E-state index contributed by atoms with van der Waals surface area (Å²) in [5.74, 6) is 0.483. The van der Waals surface area contributed by atoms with Gasteiger partial charge in [-0.2, -0.15) is 0 Å². The Bertz CT molecular complexity index is 353. The van der Waals surface area contributed by atoms with Crippen LogP contribution in [-0.2, 0) is 4.79 Å². The number of nitrogens with zero attached hydrogens (tertiary/aromatic N) is 2. The second-order valence-electron chi connectivity index (χ2n) is 6.03. The van der Waals surface area contributed by atoms with Crippen LogP contribution in [0.15, 0.2) is 0 Å². The van der Waals surface area contributed by atoms with Crippen LogP contribution in [0.1, 0.15) is 25.7 Å². The fourth-order valence-electron chi connectivity index (χ4n) is 2.96. The van der Waals surface area contributed by atoms with Crippen molar-refractivity contribution < 1.29 is 9.59 Å². The van der Waals surface area contributed by atoms with E-state index in [0.717, 1.165) is 45.3 Å². The third kappa shape index (κ3) is 3.85. The Morgan fingerprint density at radius 1 is 1.30 bits per heavy atom. The van der Waals surface area contributed by atoms with E-state index in [9.17, 15) is 9.59 Å². The molecule has 2 aliphatic rings. The minimum absolute atomic E-state index is 0.0156. The van der Waals surface area contributed by atoms with Crippen molar-refractivity contribution in [2.24, 2.45) is 5.92 Å². The monoisotopic (exact) mass is 282 g/mol. The van der Waals surface area contributed by atoms with Crippen molar-refractivity contribution in [3.8, 4) is 0 Å². The minimum Gasteiger partial charge on any atom is -0.354 e. The lowest BCUT2D eigenvalue weighted by Crippen LogP contribution is -2.48. The highest BCUT2D eigenvalue weighted by Crippen LogP contribution is 2.17. The minimum atomic E-state index is -0.0156. The molecule has 6 nitrogen and oxygen atoms in total. The maximum Gasteiger partial charge on any atom is 0.319 e. The van der Waals surface area contributed by atoms with Crippen molar-refractivity contribution in [3.63, 3.8) is 0 Å². The van der Waals surface area contributed by atoms with Gasteiger partial charge < -0.3 is 20.4 Å². The Morgan fingerprint density at radius 2 is 2.10 bits per heavy atom. The predicted molar refractivity (Wildman–Crippen MR) is 77.4 cm³/mol. The summed E-state index contributed by atoms with van der Waals surface area (Å²) < 4.78 is 0. The number of hydrogen-bond acceptors (Lipinski definition) is 3. The maximum atomic E-state index is 11.9. The number of amides is 3. The van der Waals surface area contributed by atoms with Gasteiger partial charge in [-0.3, -0.25) is 4.79 Å². The van der Waals surface area contributed by atoms with E-state index < -0.39 is 0 Å². The zero-order valence-electron chi connectivity index (χ0n) is 12.5. The van der Waals surface area contributed by atoms with Crippen LogP contribution in [0.3, 0.4) is 0 Å². The molecular weight excluding hydrogens is 256 g/mol. The Balaban J connectivity index is 1.75. The van der Waals surface area contributed by atoms with Crippen LogP contribution in [0.5, 0.6) is 0 Å². The zero-order valence-corrected chi connectivity index (χ0v) is 12.5. The number of rotatable bonds is 3. The Hall–Kier alpha value is -1.30. The molecule has 0 aromatic rings. The topological polar surface area (TPSA) is 64.7 Å². The molecule has 6 heteroatoms. The summed E-state index contributed by atoms with van der Waals surface area (Å²) in [5, 5.41) is 6.23. The molecule has 2 aliphatic heterocycles. The van der Waals surface area contributed by atoms with Crippen LogP contribution >= 0.6 is 0 Å². The van der Waals surface area contributed by atoms with Crippen molar-refractivity contribution in [2.45, 2.75) is 31.7 Å². The van der Waals surface area contributed by atoms with E-state index >= 15 is 0 Å². The molecule has 0 aliphatic carbocycles. The molecule has 0 aromatic heterocycles. The summed E-state index contributed by atoms with van der Waals surface area (Å²) in [7, 11) is 3.55. The van der Waals surface area contributed by atoms with Gasteiger partial charge >= 0.3 is 6.03 Å². The molecule has 114 valence electrons. The number of hydrogen-bond donors (Lipinski definition) is 2. The van der Waals surface area contributed by atoms with Crippen molar-refractivity contribution in [1.29, 1.82) is 0 Å². The molecule has 0 saturated carbocycles. The van der Waals surface area contributed by atoms with Crippen LogP contribution in [0.4, 0.5) is 4.79 Å². The highest BCUT2D eigenvalue weighted by molar-refractivity contribution is 5.82. The number of piperidine rings is 1. The summed E-state index contributed by atoms with van der Waals surface area (Å²) in [6, 6.07) is 0.0524. The lowest BCUT2D eigenvalue weighted by molar-refractivity contribution is -0.123. The van der Waals surface area contributed by atoms with Crippen LogP contribution < -0.4 is 10.6 Å². The van der Waals surface area contributed by atoms with Gasteiger partial charge in [0.15, 0.2) is 0 Å². The number of likely N-dealkylation sites (tertiary alicyclic amines) is 1. The second-order valence-corrected chi connectivity index (χ2v) is 6.03. The smallest absolute Gasteiger partial charge is 0.319 e. The van der Waals surface area contributed by atoms with Gasteiger partial charge in [-0.1, -0.05) is 0 Å². The Morgan fingerprint density at radius 3 is 2.75 bits per heavy atom. The Labute approximate surface area is 120 Å². The van der Waals surface area contributed by atoms with Gasteiger partial charge in [0.05, 0.1) is 6.04 Å². The van der Waals surface area contributed by atoms with Gasteiger partial charge in [0.1, 0.15) is 0 Å². The predicted octanol–water partition coefficient (Wildman–Crippen LogP) is 0.248. The maximum absolute atomic E-state index is 11.9. The standard InChI is InChI=1S/C14H26N4O2/c1-17(2)14(20)18-8-4-5-11(10-18)9-16-13(19)12-6-3-7-15-12/h11-12,15H,3-10H2,1-2H3,(H,16,19). The molecule has 20 heavy (non-hydrogen) atoms. The first-order valence-electron chi connectivity index (χ1n) is 7.55. The van der Waals surface area contributed by atoms with Gasteiger partial charge in [0.25, 0.3) is 0 Å². The van der Waals surface area contributed by atoms with E-state index in [1.165, 1.54) is 0 Å². The molecular formula is C14H26N4O2. The molecule has 0 spiro atoms. The first-order valence-corrected chi connectivity index (χ1v) is 7.55. The van der Waals surface area contributed by atoms with Crippen molar-refractivity contribution in [3.05, 3.63) is 0 Å². The molecule has 0 bridgehead atoms. The van der Waals surface area contributed by atoms with Gasteiger partial charge in [-0.25, -0.2) is 4.79 Å². The van der Waals surface area contributed by atoms with E-state index in [1.54, 1.807) is 19.0 Å². The molecule has 2 saturated heterocycles. The average molecular weight is 282 g/mol. The molecule has 2 rings (SSSR count). The van der Waals surface area contributed by atoms with Gasteiger partial charge in [0, 0.05) is 33.7 Å². The molecule has 2 unspecified atom stereocenters. The van der Waals surface area contributed by atoms with Crippen LogP contribution in [0.2, 0.25) is 0 Å². The molecule has 2 fully saturated rings. The number of carbonyl (C=O) groups is 2. The first-order chi connectivity index (χ1) is 9.58. The van der Waals surface area contributed by atoms with E-state index in [0.29, 0.717) is 12.5 Å². The normalized spacial score (nSPS) is 26.4. The van der Waals surface area contributed by atoms with Gasteiger partial charge in [0.2, 0.25) is 5.91 Å². The largest absolute Gasteiger partial charge is 0.354 e. The number of carbonyl (C=O) groups excluding carboxylic acids is 2. The van der Waals surface area contributed by atoms with E-state index in [1.807, 2.05) is 4.90 Å². The molecule has 3 amide bonds. The summed E-state index contributed by atoms with van der Waals surface area (Å²) >= 11 is 0. The fourth-order valence-corrected chi connectivity index (χ4v) is 2.96. The fraction of sp³-hybridized carbons (Fsp3) is 0.857. The number of nitrogens with one attached hydrogen (secondary N) is 2. The van der Waals surface area contributed by atoms with Crippen molar-refractivity contribution >= 4 is 11.9 Å². The first kappa shape index (κ1) is 15.1. The van der Waals surface area contributed by atoms with Crippen LogP contribution in [0, 0.1) is 5.92 Å². The van der Waals surface area contributed by atoms with E-state index in [2.05, 4.69) is 10.6 Å². The summed E-state index contributed by atoms with van der Waals surface area (Å²) in [4.78, 5) is 27.4. The second kappa shape index (κ2) is 6.92. The Kier molecular flexibility index (Phi) is 5.23. The summed E-state index contributed by atoms with van der Waals surface area (Å²) in [6.45, 7) is 3.18. The van der Waals surface area contributed by atoms with Crippen molar-refractivity contribution in [1.82, 2.24) is 20.4 Å². The summed E-state index contributed by atoms with van der Waals surface area (Å²) in [5.41, 5.74) is 0. The highest BCUT2D eigenvalue weighted by atomic mass is 16.2.